The number of halogens is 1. The summed E-state index contributed by atoms with van der Waals surface area (Å²) in [4.78, 5) is 34.8. The third-order valence-electron chi connectivity index (χ3n) is 6.63. The highest BCUT2D eigenvalue weighted by atomic mass is 32.1. The zero-order valence-corrected chi connectivity index (χ0v) is 24.5. The minimum atomic E-state index is -0.558. The van der Waals surface area contributed by atoms with Gasteiger partial charge in [-0.1, -0.05) is 17.9 Å². The first-order valence-corrected chi connectivity index (χ1v) is 14.4. The number of benzene rings is 2. The topological polar surface area (TPSA) is 134 Å². The number of fused-ring (bicyclic) bond motifs is 1. The van der Waals surface area contributed by atoms with Crippen molar-refractivity contribution in [1.29, 1.82) is 0 Å². The quantitative estimate of drug-likeness (QED) is 0.191. The van der Waals surface area contributed by atoms with Crippen LogP contribution in [0.5, 0.6) is 28.5 Å². The van der Waals surface area contributed by atoms with Crippen LogP contribution < -0.4 is 24.3 Å². The SMILES string of the molecule is C=CC(=O)N1CC(Oc2cc3c(Nc4ccc(Oc5nc(-c6cnc(OCC)nc6)cs5)cc4F)ncnc3cc2OC)C1. The van der Waals surface area contributed by atoms with E-state index in [0.717, 1.165) is 0 Å². The predicted octanol–water partition coefficient (Wildman–Crippen LogP) is 5.40. The fourth-order valence-corrected chi connectivity index (χ4v) is 5.09. The smallest absolute Gasteiger partial charge is 0.316 e. The monoisotopic (exact) mass is 615 g/mol. The predicted molar refractivity (Wildman–Crippen MR) is 161 cm³/mol. The lowest BCUT2D eigenvalue weighted by atomic mass is 10.1. The lowest BCUT2D eigenvalue weighted by molar-refractivity contribution is -0.134. The van der Waals surface area contributed by atoms with Gasteiger partial charge in [-0.05, 0) is 31.2 Å². The summed E-state index contributed by atoms with van der Waals surface area (Å²) in [6.45, 7) is 6.70. The molecule has 0 spiro atoms. The molecule has 1 N–H and O–H groups in total. The van der Waals surface area contributed by atoms with Gasteiger partial charge >= 0.3 is 6.01 Å². The normalized spacial score (nSPS) is 12.8. The first-order valence-electron chi connectivity index (χ1n) is 13.5. The van der Waals surface area contributed by atoms with Gasteiger partial charge in [-0.3, -0.25) is 4.79 Å². The Kier molecular flexibility index (Phi) is 8.14. The number of methoxy groups -OCH3 is 1. The number of aromatic nitrogens is 5. The first-order chi connectivity index (χ1) is 21.4. The molecule has 0 radical (unpaired) electrons. The molecule has 1 aliphatic rings. The zero-order chi connectivity index (χ0) is 30.6. The Bertz CT molecular complexity index is 1830. The van der Waals surface area contributed by atoms with Gasteiger partial charge in [0.15, 0.2) is 11.5 Å². The number of anilines is 2. The number of nitrogens with zero attached hydrogens (tertiary/aromatic N) is 6. The average molecular weight is 616 g/mol. The van der Waals surface area contributed by atoms with Gasteiger partial charge < -0.3 is 29.2 Å². The van der Waals surface area contributed by atoms with E-state index in [-0.39, 0.29) is 23.4 Å². The molecule has 0 unspecified atom stereocenters. The van der Waals surface area contributed by atoms with Crippen LogP contribution in [0, 0.1) is 5.82 Å². The third-order valence-corrected chi connectivity index (χ3v) is 7.35. The molecule has 0 aliphatic carbocycles. The van der Waals surface area contributed by atoms with Crippen LogP contribution in [-0.2, 0) is 4.79 Å². The summed E-state index contributed by atoms with van der Waals surface area (Å²) < 4.78 is 37.9. The Morgan fingerprint density at radius 1 is 1.16 bits per heavy atom. The molecule has 1 fully saturated rings. The van der Waals surface area contributed by atoms with E-state index in [1.54, 1.807) is 46.9 Å². The van der Waals surface area contributed by atoms with E-state index in [0.29, 0.717) is 70.4 Å². The number of hydrogen-bond acceptors (Lipinski definition) is 12. The minimum Gasteiger partial charge on any atom is -0.493 e. The molecule has 4 heterocycles. The third kappa shape index (κ3) is 6.06. The molecular weight excluding hydrogens is 589 g/mol. The van der Waals surface area contributed by atoms with Gasteiger partial charge in [-0.15, -0.1) is 0 Å². The first kappa shape index (κ1) is 28.7. The van der Waals surface area contributed by atoms with Crippen molar-refractivity contribution >= 4 is 39.7 Å². The molecule has 1 aliphatic heterocycles. The van der Waals surface area contributed by atoms with Gasteiger partial charge in [0.25, 0.3) is 5.19 Å². The summed E-state index contributed by atoms with van der Waals surface area (Å²) in [6.07, 6.45) is 5.67. The number of hydrogen-bond donors (Lipinski definition) is 1. The molecule has 1 saturated heterocycles. The van der Waals surface area contributed by atoms with E-state index in [1.165, 1.54) is 36.9 Å². The maximum Gasteiger partial charge on any atom is 0.316 e. The number of ether oxygens (including phenoxy) is 4. The van der Waals surface area contributed by atoms with Crippen LogP contribution in [0.25, 0.3) is 22.2 Å². The highest BCUT2D eigenvalue weighted by Crippen LogP contribution is 2.37. The molecule has 1 amide bonds. The highest BCUT2D eigenvalue weighted by molar-refractivity contribution is 7.11. The zero-order valence-electron chi connectivity index (χ0n) is 23.7. The van der Waals surface area contributed by atoms with Gasteiger partial charge in [0.2, 0.25) is 5.91 Å². The second-order valence-corrected chi connectivity index (χ2v) is 10.3. The molecule has 12 nitrogen and oxygen atoms in total. The Morgan fingerprint density at radius 2 is 1.98 bits per heavy atom. The van der Waals surface area contributed by atoms with Gasteiger partial charge in [0.1, 0.15) is 29.8 Å². The summed E-state index contributed by atoms with van der Waals surface area (Å²) in [7, 11) is 1.53. The Labute approximate surface area is 255 Å². The van der Waals surface area contributed by atoms with Crippen molar-refractivity contribution in [1.82, 2.24) is 29.8 Å². The number of thiazole rings is 1. The maximum absolute atomic E-state index is 15.2. The Morgan fingerprint density at radius 3 is 2.70 bits per heavy atom. The minimum absolute atomic E-state index is 0.149. The van der Waals surface area contributed by atoms with Crippen molar-refractivity contribution in [3.05, 3.63) is 72.9 Å². The average Bonchev–Trinajstić information content (AvgIpc) is 3.48. The van der Waals surface area contributed by atoms with Crippen molar-refractivity contribution in [2.45, 2.75) is 13.0 Å². The molecule has 44 heavy (non-hydrogen) atoms. The molecule has 3 aromatic heterocycles. The van der Waals surface area contributed by atoms with Crippen LogP contribution in [0.4, 0.5) is 15.9 Å². The van der Waals surface area contributed by atoms with E-state index in [9.17, 15) is 4.79 Å². The largest absolute Gasteiger partial charge is 0.493 e. The van der Waals surface area contributed by atoms with Crippen LogP contribution in [0.2, 0.25) is 0 Å². The summed E-state index contributed by atoms with van der Waals surface area (Å²) >= 11 is 1.26. The molecule has 224 valence electrons. The number of carbonyl (C=O) groups is 1. The number of amides is 1. The van der Waals surface area contributed by atoms with Gasteiger partial charge in [-0.25, -0.2) is 29.3 Å². The molecule has 5 aromatic rings. The maximum atomic E-state index is 15.2. The number of rotatable bonds is 11. The van der Waals surface area contributed by atoms with Gasteiger partial charge in [0, 0.05) is 40.9 Å². The molecule has 6 rings (SSSR count). The number of carbonyl (C=O) groups excluding carboxylic acids is 1. The summed E-state index contributed by atoms with van der Waals surface area (Å²) in [5.41, 5.74) is 2.08. The lowest BCUT2D eigenvalue weighted by Crippen LogP contribution is -2.55. The van der Waals surface area contributed by atoms with E-state index >= 15 is 4.39 Å². The molecule has 0 bridgehead atoms. The van der Waals surface area contributed by atoms with E-state index in [1.807, 2.05) is 6.92 Å². The van der Waals surface area contributed by atoms with Gasteiger partial charge in [-0.2, -0.15) is 0 Å². The molecule has 2 aromatic carbocycles. The summed E-state index contributed by atoms with van der Waals surface area (Å²) in [6, 6.07) is 8.18. The van der Waals surface area contributed by atoms with Gasteiger partial charge in [0.05, 0.1) is 43.7 Å². The van der Waals surface area contributed by atoms with Crippen LogP contribution in [0.3, 0.4) is 0 Å². The summed E-state index contributed by atoms with van der Waals surface area (Å²) in [5, 5.41) is 5.77. The Hall–Kier alpha value is -5.37. The van der Waals surface area contributed by atoms with E-state index in [2.05, 4.69) is 36.8 Å². The van der Waals surface area contributed by atoms with Crippen molar-refractivity contribution in [3.8, 4) is 39.7 Å². The fraction of sp³-hybridized carbons (Fsp3) is 0.200. The van der Waals surface area contributed by atoms with E-state index in [4.69, 9.17) is 18.9 Å². The molecule has 0 saturated carbocycles. The second-order valence-electron chi connectivity index (χ2n) is 9.48. The molecular formula is C30H26FN7O5S. The number of nitrogens with one attached hydrogen (secondary N) is 1. The summed E-state index contributed by atoms with van der Waals surface area (Å²) in [5.74, 6) is 0.867. The molecule has 14 heteroatoms. The highest BCUT2D eigenvalue weighted by Gasteiger charge is 2.31. The van der Waals surface area contributed by atoms with Crippen LogP contribution >= 0.6 is 11.3 Å². The van der Waals surface area contributed by atoms with Crippen molar-refractivity contribution in [2.24, 2.45) is 0 Å². The fourth-order valence-electron chi connectivity index (χ4n) is 4.39. The number of likely N-dealkylation sites (tertiary alicyclic amines) is 1. The van der Waals surface area contributed by atoms with E-state index < -0.39 is 5.82 Å². The lowest BCUT2D eigenvalue weighted by Gasteiger charge is -2.38. The van der Waals surface area contributed by atoms with Crippen LogP contribution in [0.1, 0.15) is 6.92 Å². The Balaban J connectivity index is 1.17. The van der Waals surface area contributed by atoms with Crippen molar-refractivity contribution in [2.75, 3.05) is 32.1 Å². The van der Waals surface area contributed by atoms with Crippen LogP contribution in [0.15, 0.2) is 67.1 Å². The van der Waals surface area contributed by atoms with Crippen molar-refractivity contribution in [3.63, 3.8) is 0 Å². The van der Waals surface area contributed by atoms with Crippen molar-refractivity contribution < 1.29 is 28.1 Å². The molecule has 0 atom stereocenters. The second kappa shape index (κ2) is 12.5. The standard InChI is InChI=1S/C30H26FN7O5S/c1-4-27(39)38-13-19(14-38)42-26-9-20-23(10-25(26)40-3)34-16-35-28(20)36-22-7-6-18(8-21(22)31)43-30-37-24(15-44-30)17-11-32-29(33-12-17)41-5-2/h4,6-12,15-16,19H,1,5,13-14H2,2-3H3,(H,34,35,36). The van der Waals surface area contributed by atoms with Crippen LogP contribution in [-0.4, -0.2) is 68.6 Å².